The van der Waals surface area contributed by atoms with Crippen LogP contribution in [0.5, 0.6) is 0 Å². The van der Waals surface area contributed by atoms with Crippen LogP contribution in [0.2, 0.25) is 0 Å². The van der Waals surface area contributed by atoms with E-state index in [-0.39, 0.29) is 18.6 Å². The molecule has 3 nitrogen and oxygen atoms in total. The number of carboxylic acids is 1. The number of carbonyl (C=O) groups is 2. The molecule has 0 aliphatic carbocycles. The van der Waals surface area contributed by atoms with Crippen LogP contribution < -0.4 is 0 Å². The van der Waals surface area contributed by atoms with Crippen molar-refractivity contribution in [2.24, 2.45) is 0 Å². The van der Waals surface area contributed by atoms with Crippen LogP contribution in [-0.2, 0) is 4.79 Å². The van der Waals surface area contributed by atoms with Gasteiger partial charge >= 0.3 is 5.97 Å². The van der Waals surface area contributed by atoms with Gasteiger partial charge in [-0.3, -0.25) is 9.59 Å². The van der Waals surface area contributed by atoms with Gasteiger partial charge in [0, 0.05) is 18.4 Å². The van der Waals surface area contributed by atoms with Crippen LogP contribution >= 0.6 is 0 Å². The van der Waals surface area contributed by atoms with Crippen LogP contribution in [0.25, 0.3) is 43.1 Å². The molecule has 0 spiro atoms. The van der Waals surface area contributed by atoms with E-state index in [4.69, 9.17) is 5.11 Å². The zero-order valence-electron chi connectivity index (χ0n) is 15.2. The first-order valence-electron chi connectivity index (χ1n) is 9.48. The molecular formula is C25H18O3. The molecule has 0 bridgehead atoms. The summed E-state index contributed by atoms with van der Waals surface area (Å²) in [5.41, 5.74) is 0.678. The van der Waals surface area contributed by atoms with Gasteiger partial charge in [0.2, 0.25) is 0 Å². The topological polar surface area (TPSA) is 54.4 Å². The molecule has 0 radical (unpaired) electrons. The summed E-state index contributed by atoms with van der Waals surface area (Å²) in [6.07, 6.45) is 0.624. The third kappa shape index (κ3) is 2.43. The standard InChI is InChI=1S/C25H18O3/c26-22(11-4-12-23(27)28)16-13-14-21-19-8-2-6-15-5-1-7-18(24(15)19)20-10-3-9-17(16)25(20)21/h1-3,5-10,13-14H,4,11-12H2,(H,27,28). The van der Waals surface area contributed by atoms with Crippen molar-refractivity contribution in [1.82, 2.24) is 0 Å². The Morgan fingerprint density at radius 2 is 1.21 bits per heavy atom. The molecule has 0 aliphatic heterocycles. The van der Waals surface area contributed by atoms with Crippen molar-refractivity contribution in [2.45, 2.75) is 19.3 Å². The van der Waals surface area contributed by atoms with Crippen LogP contribution in [-0.4, -0.2) is 16.9 Å². The molecule has 0 saturated heterocycles. The van der Waals surface area contributed by atoms with E-state index >= 15 is 0 Å². The molecule has 5 aromatic rings. The number of carboxylic acid groups (broad SMARTS) is 1. The number of ketones is 1. The first-order valence-corrected chi connectivity index (χ1v) is 9.48. The lowest BCUT2D eigenvalue weighted by atomic mass is 9.87. The normalized spacial score (nSPS) is 11.7. The lowest BCUT2D eigenvalue weighted by molar-refractivity contribution is -0.137. The molecule has 0 amide bonds. The maximum Gasteiger partial charge on any atom is 0.303 e. The molecule has 0 heterocycles. The van der Waals surface area contributed by atoms with Crippen molar-refractivity contribution >= 4 is 54.8 Å². The maximum atomic E-state index is 12.8. The highest BCUT2D eigenvalue weighted by molar-refractivity contribution is 6.34. The molecule has 0 unspecified atom stereocenters. The number of aliphatic carboxylic acids is 1. The van der Waals surface area contributed by atoms with Crippen molar-refractivity contribution in [2.75, 3.05) is 0 Å². The Hall–Kier alpha value is -3.46. The van der Waals surface area contributed by atoms with Gasteiger partial charge in [0.25, 0.3) is 0 Å². The molecule has 28 heavy (non-hydrogen) atoms. The van der Waals surface area contributed by atoms with E-state index in [1.54, 1.807) is 0 Å². The van der Waals surface area contributed by atoms with Crippen LogP contribution in [0.15, 0.2) is 66.7 Å². The summed E-state index contributed by atoms with van der Waals surface area (Å²) < 4.78 is 0. The van der Waals surface area contributed by atoms with Crippen molar-refractivity contribution in [1.29, 1.82) is 0 Å². The number of fused-ring (bicyclic) bond motifs is 2. The minimum Gasteiger partial charge on any atom is -0.481 e. The van der Waals surface area contributed by atoms with Gasteiger partial charge in [0.1, 0.15) is 0 Å². The van der Waals surface area contributed by atoms with Gasteiger partial charge < -0.3 is 5.11 Å². The van der Waals surface area contributed by atoms with E-state index in [9.17, 15) is 9.59 Å². The molecule has 1 N–H and O–H groups in total. The maximum absolute atomic E-state index is 12.8. The summed E-state index contributed by atoms with van der Waals surface area (Å²) in [6.45, 7) is 0. The molecule has 0 fully saturated rings. The third-order valence-electron chi connectivity index (χ3n) is 5.62. The number of hydrogen-bond donors (Lipinski definition) is 1. The Morgan fingerprint density at radius 3 is 1.89 bits per heavy atom. The Balaban J connectivity index is 1.80. The zero-order valence-corrected chi connectivity index (χ0v) is 15.2. The number of benzene rings is 5. The molecular weight excluding hydrogens is 348 g/mol. The summed E-state index contributed by atoms with van der Waals surface area (Å²) >= 11 is 0. The van der Waals surface area contributed by atoms with Gasteiger partial charge in [-0.15, -0.1) is 0 Å². The second kappa shape index (κ2) is 6.31. The Kier molecular flexibility index (Phi) is 3.76. The summed E-state index contributed by atoms with van der Waals surface area (Å²) in [6, 6.07) is 22.8. The van der Waals surface area contributed by atoms with Gasteiger partial charge in [0.15, 0.2) is 5.78 Å². The van der Waals surface area contributed by atoms with Gasteiger partial charge in [-0.25, -0.2) is 0 Å². The molecule has 5 aromatic carbocycles. The fraction of sp³-hybridized carbons (Fsp3) is 0.120. The molecule has 0 atom stereocenters. The molecule has 0 aliphatic rings. The Morgan fingerprint density at radius 1 is 0.643 bits per heavy atom. The zero-order chi connectivity index (χ0) is 19.3. The highest BCUT2D eigenvalue weighted by Crippen LogP contribution is 2.41. The lowest BCUT2D eigenvalue weighted by Gasteiger charge is -2.16. The highest BCUT2D eigenvalue weighted by atomic mass is 16.4. The average Bonchev–Trinajstić information content (AvgIpc) is 2.71. The molecule has 5 rings (SSSR count). The van der Waals surface area contributed by atoms with E-state index in [1.807, 2.05) is 24.3 Å². The SMILES string of the molecule is O=C(O)CCCC(=O)c1ccc2c3cccc4cccc(c5cccc1c52)c43. The minimum atomic E-state index is -0.866. The minimum absolute atomic E-state index is 0.00187. The van der Waals surface area contributed by atoms with E-state index in [1.165, 1.54) is 21.5 Å². The van der Waals surface area contributed by atoms with Gasteiger partial charge in [-0.1, -0.05) is 66.7 Å². The quantitative estimate of drug-likeness (QED) is 0.230. The number of rotatable bonds is 5. The van der Waals surface area contributed by atoms with E-state index < -0.39 is 5.97 Å². The Bertz CT molecular complexity index is 1330. The predicted molar refractivity (Wildman–Crippen MR) is 113 cm³/mol. The lowest BCUT2D eigenvalue weighted by Crippen LogP contribution is -2.03. The van der Waals surface area contributed by atoms with E-state index in [0.29, 0.717) is 12.0 Å². The second-order valence-electron chi connectivity index (χ2n) is 7.27. The van der Waals surface area contributed by atoms with Crippen molar-refractivity contribution in [3.63, 3.8) is 0 Å². The smallest absolute Gasteiger partial charge is 0.303 e. The van der Waals surface area contributed by atoms with Crippen molar-refractivity contribution < 1.29 is 14.7 Å². The van der Waals surface area contributed by atoms with Gasteiger partial charge in [0.05, 0.1) is 0 Å². The molecule has 136 valence electrons. The monoisotopic (exact) mass is 366 g/mol. The molecule has 0 aromatic heterocycles. The van der Waals surface area contributed by atoms with E-state index in [0.717, 1.165) is 21.5 Å². The second-order valence-corrected chi connectivity index (χ2v) is 7.27. The molecule has 0 saturated carbocycles. The number of carbonyl (C=O) groups excluding carboxylic acids is 1. The summed E-state index contributed by atoms with van der Waals surface area (Å²) in [5.74, 6) is -0.864. The summed E-state index contributed by atoms with van der Waals surface area (Å²) in [5, 5.41) is 18.1. The van der Waals surface area contributed by atoms with Crippen LogP contribution in [0.1, 0.15) is 29.6 Å². The van der Waals surface area contributed by atoms with Crippen LogP contribution in [0, 0.1) is 0 Å². The number of Topliss-reactive ketones (excluding diaryl/α,β-unsaturated/α-hetero) is 1. The highest BCUT2D eigenvalue weighted by Gasteiger charge is 2.17. The average molecular weight is 366 g/mol. The summed E-state index contributed by atoms with van der Waals surface area (Å²) in [4.78, 5) is 23.6. The largest absolute Gasteiger partial charge is 0.481 e. The summed E-state index contributed by atoms with van der Waals surface area (Å²) in [7, 11) is 0. The van der Waals surface area contributed by atoms with Crippen molar-refractivity contribution in [3.8, 4) is 0 Å². The van der Waals surface area contributed by atoms with Crippen molar-refractivity contribution in [3.05, 3.63) is 72.3 Å². The van der Waals surface area contributed by atoms with Gasteiger partial charge in [-0.05, 0) is 49.5 Å². The first-order chi connectivity index (χ1) is 13.6. The first kappa shape index (κ1) is 16.7. The fourth-order valence-corrected chi connectivity index (χ4v) is 4.42. The Labute approximate surface area is 161 Å². The fourth-order valence-electron chi connectivity index (χ4n) is 4.42. The molecule has 3 heteroatoms. The van der Waals surface area contributed by atoms with E-state index in [2.05, 4.69) is 42.5 Å². The number of hydrogen-bond acceptors (Lipinski definition) is 2. The third-order valence-corrected chi connectivity index (χ3v) is 5.62. The van der Waals surface area contributed by atoms with Gasteiger partial charge in [-0.2, -0.15) is 0 Å². The van der Waals surface area contributed by atoms with Crippen LogP contribution in [0.3, 0.4) is 0 Å². The predicted octanol–water partition coefficient (Wildman–Crippen LogP) is 6.17. The van der Waals surface area contributed by atoms with Crippen LogP contribution in [0.4, 0.5) is 0 Å².